The van der Waals surface area contributed by atoms with Gasteiger partial charge in [0.1, 0.15) is 10.4 Å². The van der Waals surface area contributed by atoms with Crippen molar-refractivity contribution >= 4 is 27.8 Å². The van der Waals surface area contributed by atoms with Crippen molar-refractivity contribution in [2.45, 2.75) is 103 Å². The number of nitrogens with zero attached hydrogens (tertiary/aromatic N) is 1. The summed E-state index contributed by atoms with van der Waals surface area (Å²) in [7, 11) is -4.62. The Hall–Kier alpha value is -3.13. The first kappa shape index (κ1) is 33.8. The number of rotatable bonds is 8. The van der Waals surface area contributed by atoms with Crippen LogP contribution in [0.4, 0.5) is 13.2 Å². The number of carbonyl (C=O) groups is 3. The van der Waals surface area contributed by atoms with Gasteiger partial charge < -0.3 is 20.7 Å². The highest BCUT2D eigenvalue weighted by atomic mass is 32.2. The molecular formula is C30H41F3N4O6S. The number of nitrogens with one attached hydrogen (secondary N) is 2. The van der Waals surface area contributed by atoms with Crippen LogP contribution in [-0.4, -0.2) is 58.9 Å². The van der Waals surface area contributed by atoms with Crippen LogP contribution < -0.4 is 15.8 Å². The highest BCUT2D eigenvalue weighted by molar-refractivity contribution is 7.91. The lowest BCUT2D eigenvalue weighted by Gasteiger charge is -2.52. The molecule has 1 aromatic rings. The van der Waals surface area contributed by atoms with Crippen LogP contribution >= 0.6 is 0 Å². The summed E-state index contributed by atoms with van der Waals surface area (Å²) in [5, 5.41) is 12.0. The van der Waals surface area contributed by atoms with Crippen LogP contribution in [0, 0.1) is 11.3 Å². The van der Waals surface area contributed by atoms with Gasteiger partial charge in [0.05, 0.1) is 16.6 Å². The molecule has 5 N–H and O–H groups in total. The maximum absolute atomic E-state index is 15.0. The van der Waals surface area contributed by atoms with E-state index >= 15 is 0 Å². The van der Waals surface area contributed by atoms with Crippen LogP contribution in [0.25, 0.3) is 0 Å². The number of carboxylic acid groups (broad SMARTS) is 1. The van der Waals surface area contributed by atoms with Gasteiger partial charge in [0.2, 0.25) is 10.0 Å². The Labute approximate surface area is 255 Å². The summed E-state index contributed by atoms with van der Waals surface area (Å²) in [5.74, 6) is -3.14. The number of primary amides is 1. The van der Waals surface area contributed by atoms with Crippen LogP contribution in [0.5, 0.6) is 0 Å². The van der Waals surface area contributed by atoms with E-state index in [9.17, 15) is 41.1 Å². The van der Waals surface area contributed by atoms with E-state index in [-0.39, 0.29) is 48.5 Å². The Bertz CT molecular complexity index is 1600. The molecule has 0 radical (unpaired) electrons. The summed E-state index contributed by atoms with van der Waals surface area (Å²) >= 11 is 0. The molecule has 0 spiro atoms. The summed E-state index contributed by atoms with van der Waals surface area (Å²) in [4.78, 5) is 37.6. The fraction of sp³-hybridized carbons (Fsp3) is 0.633. The standard InChI is InChI=1S/C30H41F3N4O6S/c1-26(2,3)36-44(42,43)29(7)18-10-8-9-16-15-37-20(28(6,21(16)18)14-19(29)30(31,32)33)13-17(22(37)23(34)38)24(39)35-12-11-27(4,5)25(40)41/h13-14,16,36H,8-12,15H2,1-7H3,(H2,34,38)(H,35,39)(H,40,41). The highest BCUT2D eigenvalue weighted by Gasteiger charge is 2.62. The van der Waals surface area contributed by atoms with Crippen LogP contribution in [0.1, 0.15) is 101 Å². The van der Waals surface area contributed by atoms with Crippen molar-refractivity contribution in [2.75, 3.05) is 6.54 Å². The SMILES string of the molecule is CC(C)(C)NS(=O)(=O)C1(C)C(C(F)(F)F)=CC2(C)C3=C1CCCC3Cn1c2cc(C(=O)NCCC(C)(C)C(=O)O)c1C(N)=O. The molecule has 1 aromatic heterocycles. The van der Waals surface area contributed by atoms with Crippen LogP contribution in [-0.2, 0) is 26.8 Å². The molecule has 10 nitrogen and oxygen atoms in total. The van der Waals surface area contributed by atoms with Gasteiger partial charge in [0, 0.05) is 29.7 Å². The molecule has 3 aliphatic rings. The predicted molar refractivity (Wildman–Crippen MR) is 157 cm³/mol. The van der Waals surface area contributed by atoms with Crippen molar-refractivity contribution in [3.05, 3.63) is 45.8 Å². The first-order valence-electron chi connectivity index (χ1n) is 14.5. The van der Waals surface area contributed by atoms with E-state index in [0.717, 1.165) is 13.0 Å². The Morgan fingerprint density at radius 3 is 2.27 bits per heavy atom. The molecule has 2 heterocycles. The zero-order valence-electron chi connectivity index (χ0n) is 26.0. The topological polar surface area (TPSA) is 161 Å². The molecular weight excluding hydrogens is 601 g/mol. The number of hydrogen-bond donors (Lipinski definition) is 4. The lowest BCUT2D eigenvalue weighted by molar-refractivity contribution is -0.147. The number of amides is 2. The van der Waals surface area contributed by atoms with Gasteiger partial charge in [-0.1, -0.05) is 6.08 Å². The molecule has 2 aliphatic carbocycles. The fourth-order valence-corrected chi connectivity index (χ4v) is 9.04. The molecule has 0 saturated carbocycles. The molecule has 0 saturated heterocycles. The largest absolute Gasteiger partial charge is 0.481 e. The molecule has 0 aromatic carbocycles. The van der Waals surface area contributed by atoms with Gasteiger partial charge in [0.25, 0.3) is 11.8 Å². The number of halogens is 3. The van der Waals surface area contributed by atoms with Crippen LogP contribution in [0.2, 0.25) is 0 Å². The third-order valence-corrected chi connectivity index (χ3v) is 11.6. The Kier molecular flexibility index (Phi) is 8.03. The molecule has 44 heavy (non-hydrogen) atoms. The van der Waals surface area contributed by atoms with E-state index in [0.29, 0.717) is 18.4 Å². The molecule has 0 bridgehead atoms. The molecule has 0 fully saturated rings. The number of carboxylic acids is 1. The van der Waals surface area contributed by atoms with Gasteiger partial charge in [0.15, 0.2) is 0 Å². The minimum Gasteiger partial charge on any atom is -0.481 e. The first-order chi connectivity index (χ1) is 19.9. The van der Waals surface area contributed by atoms with Gasteiger partial charge in [-0.3, -0.25) is 14.4 Å². The highest BCUT2D eigenvalue weighted by Crippen LogP contribution is 2.60. The monoisotopic (exact) mass is 642 g/mol. The number of aromatic nitrogens is 1. The van der Waals surface area contributed by atoms with Gasteiger partial charge in [-0.2, -0.15) is 13.2 Å². The smallest absolute Gasteiger partial charge is 0.414 e. The maximum Gasteiger partial charge on any atom is 0.414 e. The van der Waals surface area contributed by atoms with Crippen molar-refractivity contribution in [1.82, 2.24) is 14.6 Å². The summed E-state index contributed by atoms with van der Waals surface area (Å²) < 4.78 is 74.3. The fourth-order valence-electron chi connectivity index (χ4n) is 7.03. The molecule has 3 unspecified atom stereocenters. The number of aliphatic carboxylic acids is 1. The molecule has 1 aliphatic heterocycles. The number of nitrogens with two attached hydrogens (primary N) is 1. The summed E-state index contributed by atoms with van der Waals surface area (Å²) in [6, 6.07) is 1.35. The second kappa shape index (κ2) is 10.5. The van der Waals surface area contributed by atoms with Crippen molar-refractivity contribution in [3.8, 4) is 0 Å². The van der Waals surface area contributed by atoms with Gasteiger partial charge in [-0.05, 0) is 97.3 Å². The number of hydrogen-bond acceptors (Lipinski definition) is 5. The van der Waals surface area contributed by atoms with E-state index in [1.54, 1.807) is 27.7 Å². The third-order valence-electron chi connectivity index (χ3n) is 9.20. The molecule has 14 heteroatoms. The van der Waals surface area contributed by atoms with E-state index < -0.39 is 66.6 Å². The van der Waals surface area contributed by atoms with E-state index in [4.69, 9.17) is 5.73 Å². The summed E-state index contributed by atoms with van der Waals surface area (Å²) in [6.45, 7) is 10.4. The second-order valence-corrected chi connectivity index (χ2v) is 16.1. The average molecular weight is 643 g/mol. The average Bonchev–Trinajstić information content (AvgIpc) is 3.24. The third kappa shape index (κ3) is 5.37. The van der Waals surface area contributed by atoms with Crippen molar-refractivity contribution < 1.29 is 41.1 Å². The minimum atomic E-state index is -5.03. The van der Waals surface area contributed by atoms with Gasteiger partial charge >= 0.3 is 12.1 Å². The van der Waals surface area contributed by atoms with Crippen molar-refractivity contribution in [1.29, 1.82) is 0 Å². The molecule has 2 amide bonds. The number of allylic oxidation sites excluding steroid dienone is 2. The maximum atomic E-state index is 15.0. The van der Waals surface area contributed by atoms with Gasteiger partial charge in [-0.25, -0.2) is 13.1 Å². The second-order valence-electron chi connectivity index (χ2n) is 14.1. The van der Waals surface area contributed by atoms with E-state index in [1.165, 1.54) is 24.5 Å². The first-order valence-corrected chi connectivity index (χ1v) is 16.0. The lowest BCUT2D eigenvalue weighted by atomic mass is 9.58. The molecule has 4 rings (SSSR count). The number of alkyl halides is 3. The lowest BCUT2D eigenvalue weighted by Crippen LogP contribution is -2.58. The van der Waals surface area contributed by atoms with Crippen molar-refractivity contribution in [3.63, 3.8) is 0 Å². The van der Waals surface area contributed by atoms with Gasteiger partial charge in [-0.15, -0.1) is 0 Å². The quantitative estimate of drug-likeness (QED) is 0.312. The number of fused-ring (bicyclic) bond motifs is 2. The predicted octanol–water partition coefficient (Wildman–Crippen LogP) is 4.16. The zero-order chi connectivity index (χ0) is 33.4. The summed E-state index contributed by atoms with van der Waals surface area (Å²) in [6.07, 6.45) is -2.91. The molecule has 244 valence electrons. The van der Waals surface area contributed by atoms with E-state index in [2.05, 4.69) is 10.0 Å². The Morgan fingerprint density at radius 1 is 1.14 bits per heavy atom. The normalized spacial score (nSPS) is 25.6. The van der Waals surface area contributed by atoms with E-state index in [1.807, 2.05) is 0 Å². The summed E-state index contributed by atoms with van der Waals surface area (Å²) in [5.41, 5.74) is 1.46. The molecule has 3 atom stereocenters. The number of carbonyl (C=O) groups excluding carboxylic acids is 2. The zero-order valence-corrected chi connectivity index (χ0v) is 26.8. The minimum absolute atomic E-state index is 0.0405. The number of sulfonamides is 1. The van der Waals surface area contributed by atoms with Crippen LogP contribution in [0.3, 0.4) is 0 Å². The van der Waals surface area contributed by atoms with Crippen molar-refractivity contribution in [2.24, 2.45) is 17.1 Å². The Balaban J connectivity index is 1.93. The van der Waals surface area contributed by atoms with Crippen LogP contribution in [0.15, 0.2) is 28.9 Å². The Morgan fingerprint density at radius 2 is 1.75 bits per heavy atom.